The van der Waals surface area contributed by atoms with Crippen LogP contribution in [0.5, 0.6) is 5.75 Å². The summed E-state index contributed by atoms with van der Waals surface area (Å²) in [6.45, 7) is 0. The Kier molecular flexibility index (Phi) is 4.39. The van der Waals surface area contributed by atoms with Gasteiger partial charge in [0.05, 0.1) is 18.9 Å². The van der Waals surface area contributed by atoms with Gasteiger partial charge in [-0.05, 0) is 24.3 Å². The van der Waals surface area contributed by atoms with Crippen LogP contribution in [-0.4, -0.2) is 17.1 Å². The van der Waals surface area contributed by atoms with Crippen LogP contribution in [0.15, 0.2) is 54.7 Å². The van der Waals surface area contributed by atoms with Gasteiger partial charge in [-0.3, -0.25) is 0 Å². The number of alkyl halides is 3. The molecule has 0 aliphatic rings. The largest absolute Gasteiger partial charge is 0.493 e. The van der Waals surface area contributed by atoms with Crippen LogP contribution in [0.2, 0.25) is 0 Å². The van der Waals surface area contributed by atoms with E-state index in [0.29, 0.717) is 5.56 Å². The quantitative estimate of drug-likeness (QED) is 0.627. The molecular weight excluding hydrogens is 336 g/mol. The lowest BCUT2D eigenvalue weighted by Gasteiger charge is -2.12. The lowest BCUT2D eigenvalue weighted by molar-refractivity contribution is -0.137. The molecule has 2 aromatic carbocycles. The van der Waals surface area contributed by atoms with Gasteiger partial charge in [-0.2, -0.15) is 13.2 Å². The monoisotopic (exact) mass is 348 g/mol. The zero-order chi connectivity index (χ0) is 18.0. The zero-order valence-electron chi connectivity index (χ0n) is 13.0. The van der Waals surface area contributed by atoms with Crippen LogP contribution in [0.3, 0.4) is 0 Å². The van der Waals surface area contributed by atoms with Crippen molar-refractivity contribution in [1.82, 2.24) is 9.97 Å². The summed E-state index contributed by atoms with van der Waals surface area (Å²) in [7, 11) is 1.37. The summed E-state index contributed by atoms with van der Waals surface area (Å²) in [4.78, 5) is 8.37. The van der Waals surface area contributed by atoms with Gasteiger partial charge in [0.15, 0.2) is 11.6 Å². The lowest BCUT2D eigenvalue weighted by atomic mass is 10.1. The number of benzene rings is 2. The third-order valence-electron chi connectivity index (χ3n) is 3.52. The molecule has 0 aliphatic carbocycles. The van der Waals surface area contributed by atoms with Gasteiger partial charge < -0.3 is 4.74 Å². The fourth-order valence-corrected chi connectivity index (χ4v) is 2.34. The number of ether oxygens (including phenoxy) is 1. The summed E-state index contributed by atoms with van der Waals surface area (Å²) in [5.74, 6) is -0.0512. The minimum Gasteiger partial charge on any atom is -0.493 e. The van der Waals surface area contributed by atoms with Crippen molar-refractivity contribution < 1.29 is 22.3 Å². The molecule has 0 saturated heterocycles. The third-order valence-corrected chi connectivity index (χ3v) is 3.52. The Labute approximate surface area is 140 Å². The highest BCUT2D eigenvalue weighted by atomic mass is 19.4. The highest BCUT2D eigenvalue weighted by Crippen LogP contribution is 2.35. The number of halogens is 4. The van der Waals surface area contributed by atoms with Gasteiger partial charge in [0.2, 0.25) is 0 Å². The number of hydrogen-bond acceptors (Lipinski definition) is 3. The molecule has 0 amide bonds. The SMILES string of the molecule is COc1cnc(-c2cccc(F)c2)nc1-c1cccc(C(F)(F)F)c1. The van der Waals surface area contributed by atoms with E-state index in [1.54, 1.807) is 6.07 Å². The standard InChI is InChI=1S/C18H12F4N2O/c1-25-15-10-23-17(12-5-3-7-14(19)9-12)24-16(15)11-4-2-6-13(8-11)18(20,21)22/h2-10H,1H3. The Balaban J connectivity index is 2.14. The van der Waals surface area contributed by atoms with Gasteiger partial charge in [-0.1, -0.05) is 24.3 Å². The summed E-state index contributed by atoms with van der Waals surface area (Å²) >= 11 is 0. The average molecular weight is 348 g/mol. The Morgan fingerprint density at radius 2 is 1.68 bits per heavy atom. The first-order valence-electron chi connectivity index (χ1n) is 7.23. The van der Waals surface area contributed by atoms with E-state index in [1.807, 2.05) is 0 Å². The molecule has 3 nitrogen and oxygen atoms in total. The van der Waals surface area contributed by atoms with E-state index in [0.717, 1.165) is 12.1 Å². The maximum atomic E-state index is 13.4. The first kappa shape index (κ1) is 16.9. The molecule has 1 aromatic heterocycles. The zero-order valence-corrected chi connectivity index (χ0v) is 13.0. The summed E-state index contributed by atoms with van der Waals surface area (Å²) in [6.07, 6.45) is -3.12. The number of aromatic nitrogens is 2. The van der Waals surface area contributed by atoms with Gasteiger partial charge in [-0.15, -0.1) is 0 Å². The van der Waals surface area contributed by atoms with E-state index >= 15 is 0 Å². The molecule has 0 bridgehead atoms. The maximum absolute atomic E-state index is 13.4. The Hall–Kier alpha value is -2.96. The van der Waals surface area contributed by atoms with Crippen molar-refractivity contribution in [3.05, 3.63) is 66.1 Å². The molecule has 0 saturated carbocycles. The Bertz CT molecular complexity index is 910. The first-order valence-corrected chi connectivity index (χ1v) is 7.23. The molecule has 0 atom stereocenters. The lowest BCUT2D eigenvalue weighted by Crippen LogP contribution is -2.05. The first-order chi connectivity index (χ1) is 11.9. The second kappa shape index (κ2) is 6.51. The topological polar surface area (TPSA) is 35.0 Å². The maximum Gasteiger partial charge on any atom is 0.416 e. The van der Waals surface area contributed by atoms with Crippen LogP contribution in [0.1, 0.15) is 5.56 Å². The molecular formula is C18H12F4N2O. The highest BCUT2D eigenvalue weighted by molar-refractivity contribution is 5.69. The number of hydrogen-bond donors (Lipinski definition) is 0. The molecule has 3 aromatic rings. The van der Waals surface area contributed by atoms with Crippen LogP contribution < -0.4 is 4.74 Å². The van der Waals surface area contributed by atoms with Crippen LogP contribution in [0.25, 0.3) is 22.6 Å². The molecule has 25 heavy (non-hydrogen) atoms. The second-order valence-electron chi connectivity index (χ2n) is 5.20. The van der Waals surface area contributed by atoms with E-state index in [-0.39, 0.29) is 22.8 Å². The molecule has 0 unspecified atom stereocenters. The smallest absolute Gasteiger partial charge is 0.416 e. The van der Waals surface area contributed by atoms with Gasteiger partial charge in [-0.25, -0.2) is 14.4 Å². The normalized spacial score (nSPS) is 11.4. The second-order valence-corrected chi connectivity index (χ2v) is 5.20. The fourth-order valence-electron chi connectivity index (χ4n) is 2.34. The summed E-state index contributed by atoms with van der Waals surface area (Å²) in [5.41, 5.74) is 0.0449. The van der Waals surface area contributed by atoms with Crippen molar-refractivity contribution in [3.8, 4) is 28.4 Å². The van der Waals surface area contributed by atoms with E-state index in [2.05, 4.69) is 9.97 Å². The number of methoxy groups -OCH3 is 1. The number of nitrogens with zero attached hydrogens (tertiary/aromatic N) is 2. The Morgan fingerprint density at radius 3 is 2.36 bits per heavy atom. The predicted octanol–water partition coefficient (Wildman–Crippen LogP) is 4.98. The number of rotatable bonds is 3. The summed E-state index contributed by atoms with van der Waals surface area (Å²) < 4.78 is 57.4. The van der Waals surface area contributed by atoms with E-state index in [9.17, 15) is 17.6 Å². The molecule has 0 spiro atoms. The van der Waals surface area contributed by atoms with Crippen LogP contribution in [-0.2, 0) is 6.18 Å². The molecule has 0 fully saturated rings. The highest BCUT2D eigenvalue weighted by Gasteiger charge is 2.30. The molecule has 0 aliphatic heterocycles. The van der Waals surface area contributed by atoms with Crippen LogP contribution >= 0.6 is 0 Å². The molecule has 128 valence electrons. The van der Waals surface area contributed by atoms with E-state index < -0.39 is 17.6 Å². The Morgan fingerprint density at radius 1 is 0.960 bits per heavy atom. The van der Waals surface area contributed by atoms with Crippen molar-refractivity contribution in [3.63, 3.8) is 0 Å². The van der Waals surface area contributed by atoms with Crippen LogP contribution in [0.4, 0.5) is 17.6 Å². The molecule has 3 rings (SSSR count). The molecule has 1 heterocycles. The van der Waals surface area contributed by atoms with Gasteiger partial charge >= 0.3 is 6.18 Å². The van der Waals surface area contributed by atoms with Crippen molar-refractivity contribution in [2.75, 3.05) is 7.11 Å². The molecule has 7 heteroatoms. The van der Waals surface area contributed by atoms with Gasteiger partial charge in [0.1, 0.15) is 11.5 Å². The average Bonchev–Trinajstić information content (AvgIpc) is 2.60. The van der Waals surface area contributed by atoms with Crippen molar-refractivity contribution in [1.29, 1.82) is 0 Å². The minimum atomic E-state index is -4.47. The van der Waals surface area contributed by atoms with Crippen LogP contribution in [0, 0.1) is 5.82 Å². The molecule has 0 N–H and O–H groups in total. The molecule has 0 radical (unpaired) electrons. The van der Waals surface area contributed by atoms with Crippen molar-refractivity contribution in [2.45, 2.75) is 6.18 Å². The van der Waals surface area contributed by atoms with Gasteiger partial charge in [0, 0.05) is 11.1 Å². The summed E-state index contributed by atoms with van der Waals surface area (Å²) in [6, 6.07) is 10.4. The summed E-state index contributed by atoms with van der Waals surface area (Å²) in [5, 5.41) is 0. The minimum absolute atomic E-state index is 0.188. The van der Waals surface area contributed by atoms with Crippen molar-refractivity contribution >= 4 is 0 Å². The van der Waals surface area contributed by atoms with E-state index in [1.165, 1.54) is 43.6 Å². The predicted molar refractivity (Wildman–Crippen MR) is 84.4 cm³/mol. The van der Waals surface area contributed by atoms with Gasteiger partial charge in [0.25, 0.3) is 0 Å². The third kappa shape index (κ3) is 3.60. The fraction of sp³-hybridized carbons (Fsp3) is 0.111. The van der Waals surface area contributed by atoms with E-state index in [4.69, 9.17) is 4.74 Å². The van der Waals surface area contributed by atoms with Crippen molar-refractivity contribution in [2.24, 2.45) is 0 Å².